The number of carboxylic acid groups (broad SMARTS) is 2. The van der Waals surface area contributed by atoms with Crippen molar-refractivity contribution in [2.24, 2.45) is 71.0 Å². The van der Waals surface area contributed by atoms with Crippen LogP contribution in [-0.2, 0) is 124 Å². The predicted octanol–water partition coefficient (Wildman–Crippen LogP) is 15.2. The minimum Gasteiger partial charge on any atom is -0.480 e. The fraction of sp³-hybridized carbons (Fsp3) is 0.614. The molecule has 1 aromatic carbocycles. The van der Waals surface area contributed by atoms with Crippen LogP contribution in [0.4, 0.5) is 41.7 Å². The summed E-state index contributed by atoms with van der Waals surface area (Å²) >= 11 is 0. The Bertz CT molecular complexity index is 4920. The molecule has 0 spiro atoms. The van der Waals surface area contributed by atoms with Crippen molar-refractivity contribution >= 4 is 89.3 Å². The lowest BCUT2D eigenvalue weighted by molar-refractivity contribution is -0.200. The first kappa shape index (κ1) is 111. The fourth-order valence-corrected chi connectivity index (χ4v) is 19.8. The number of aliphatic carboxylic acids is 2. The number of aromatic nitrogens is 3. The Hall–Kier alpha value is -11.9. The van der Waals surface area contributed by atoms with Crippen molar-refractivity contribution in [1.29, 1.82) is 0 Å². The average molecular weight is 1950 g/mol. The van der Waals surface area contributed by atoms with E-state index in [1.807, 2.05) is 19.9 Å². The number of carboxylic acids is 2. The number of nitrogen functional groups attached to an aromatic ring is 1. The van der Waals surface area contributed by atoms with Crippen LogP contribution in [0.5, 0.6) is 0 Å². The second-order valence-electron chi connectivity index (χ2n) is 37.9. The molecule has 38 heteroatoms. The highest BCUT2D eigenvalue weighted by molar-refractivity contribution is 6.09. The number of imide groups is 2. The van der Waals surface area contributed by atoms with Gasteiger partial charge in [-0.05, 0) is 173 Å². The summed E-state index contributed by atoms with van der Waals surface area (Å²) in [6.07, 6.45) is 15.4. The third kappa shape index (κ3) is 31.1. The number of urea groups is 2. The maximum atomic E-state index is 13.9. The highest BCUT2D eigenvalue weighted by Crippen LogP contribution is 2.46. The fourth-order valence-electron chi connectivity index (χ4n) is 19.8. The molecule has 12 atom stereocenters. The number of amides is 8. The van der Waals surface area contributed by atoms with Gasteiger partial charge < -0.3 is 55.0 Å². The van der Waals surface area contributed by atoms with E-state index < -0.39 is 170 Å². The molecule has 0 unspecified atom stereocenters. The Morgan fingerprint density at radius 3 is 1.27 bits per heavy atom. The van der Waals surface area contributed by atoms with Gasteiger partial charge in [-0.2, -0.15) is 26.3 Å². The number of β-lactam (4-membered cyclic amide) rings is 2. The SMILES string of the molecule is C=C1[C@H](Cc2ccnc(CC(=O)OCOC(=O)C(C)C)c2)[C@@H](C(=O)OCC)N1C(=O)N[C@@H](C1CCCCC1)C(F)(F)F.C=C1[C@H](Cc2ccnc(N)c2)[C@@H](C(=O)O)N1C(=O)N[C@H](C)C1CCCCCCC1.CCOC(=O)[C@@H]1[C@@H](Cc2ccnc(CC(=O)OCOC(=O)C(C)C)c2)C(=O)N1C(=O)C[C@H](C)C1CCCCC1.O=C(O)[C@@H]1[C@@H](Cc2ccccc2)C(=O)N1C(=O)C[C@@H](C1CCCCC1)C(F)(F)F. The molecule has 3 aromatic heterocycles. The third-order valence-electron chi connectivity index (χ3n) is 27.4. The number of carbonyl (C=O) groups is 14. The van der Waals surface area contributed by atoms with Crippen molar-refractivity contribution in [3.8, 4) is 0 Å². The number of alkyl halides is 6. The number of hydrogen-bond acceptors (Lipinski definition) is 24. The molecule has 7 heterocycles. The smallest absolute Gasteiger partial charge is 0.408 e. The molecule has 32 nitrogen and oxygen atoms in total. The van der Waals surface area contributed by atoms with Crippen LogP contribution >= 0.6 is 0 Å². The van der Waals surface area contributed by atoms with Gasteiger partial charge in [-0.25, -0.2) is 33.8 Å². The number of likely N-dealkylation sites (tertiary alicyclic amines) is 4. The van der Waals surface area contributed by atoms with Gasteiger partial charge in [0.15, 0.2) is 0 Å². The first-order valence-corrected chi connectivity index (χ1v) is 48.5. The maximum Gasteiger partial charge on any atom is 0.408 e. The van der Waals surface area contributed by atoms with Crippen LogP contribution in [0, 0.1) is 71.0 Å². The number of rotatable bonds is 34. The van der Waals surface area contributed by atoms with Gasteiger partial charge in [0.2, 0.25) is 37.2 Å². The molecule has 4 saturated carbocycles. The van der Waals surface area contributed by atoms with E-state index in [4.69, 9.17) is 34.2 Å². The third-order valence-corrected chi connectivity index (χ3v) is 27.4. The Kier molecular flexibility index (Phi) is 41.7. The van der Waals surface area contributed by atoms with E-state index in [0.29, 0.717) is 109 Å². The molecule has 12 rings (SSSR count). The molecule has 0 bridgehead atoms. The second kappa shape index (κ2) is 52.4. The summed E-state index contributed by atoms with van der Waals surface area (Å²) in [5, 5.41) is 24.4. The van der Waals surface area contributed by atoms with Gasteiger partial charge in [0.25, 0.3) is 0 Å². The first-order valence-electron chi connectivity index (χ1n) is 48.5. The second-order valence-corrected chi connectivity index (χ2v) is 37.9. The molecule has 4 aliphatic carbocycles. The lowest BCUT2D eigenvalue weighted by atomic mass is 9.77. The summed E-state index contributed by atoms with van der Waals surface area (Å²) in [5.41, 5.74) is 10.1. The summed E-state index contributed by atoms with van der Waals surface area (Å²) in [4.78, 5) is 190. The summed E-state index contributed by atoms with van der Waals surface area (Å²) in [7, 11) is 0. The van der Waals surface area contributed by atoms with Crippen LogP contribution in [0.1, 0.15) is 243 Å². The summed E-state index contributed by atoms with van der Waals surface area (Å²) < 4.78 is 113. The van der Waals surface area contributed by atoms with E-state index in [2.05, 4.69) is 38.7 Å². The van der Waals surface area contributed by atoms with Crippen LogP contribution in [0.3, 0.4) is 0 Å². The van der Waals surface area contributed by atoms with Crippen LogP contribution in [0.25, 0.3) is 0 Å². The molecule has 139 heavy (non-hydrogen) atoms. The Labute approximate surface area is 806 Å². The van der Waals surface area contributed by atoms with Crippen LogP contribution in [0.15, 0.2) is 110 Å². The van der Waals surface area contributed by atoms with E-state index >= 15 is 0 Å². The van der Waals surface area contributed by atoms with Gasteiger partial charge in [-0.15, -0.1) is 0 Å². The monoisotopic (exact) mass is 1950 g/mol. The molecule has 8 fully saturated rings. The number of nitrogens with two attached hydrogens (primary N) is 1. The number of carbonyl (C=O) groups excluding carboxylic acids is 12. The van der Waals surface area contributed by atoms with E-state index in [1.54, 1.807) is 108 Å². The number of pyridine rings is 3. The van der Waals surface area contributed by atoms with Crippen molar-refractivity contribution < 1.29 is 132 Å². The zero-order valence-electron chi connectivity index (χ0n) is 80.5. The Morgan fingerprint density at radius 2 is 0.813 bits per heavy atom. The summed E-state index contributed by atoms with van der Waals surface area (Å²) in [6, 6.07) is 11.0. The molecular formula is C101H134F6N10O22. The number of anilines is 1. The van der Waals surface area contributed by atoms with E-state index in [-0.39, 0.29) is 99.1 Å². The zero-order valence-corrected chi connectivity index (χ0v) is 80.5. The van der Waals surface area contributed by atoms with Crippen molar-refractivity contribution in [2.45, 2.75) is 297 Å². The van der Waals surface area contributed by atoms with Gasteiger partial charge in [0.1, 0.15) is 36.0 Å². The van der Waals surface area contributed by atoms with E-state index in [0.717, 1.165) is 72.3 Å². The largest absolute Gasteiger partial charge is 0.480 e. The molecule has 4 saturated heterocycles. The first-order chi connectivity index (χ1) is 66.0. The normalized spacial score (nSPS) is 21.8. The number of nitrogens with zero attached hydrogens (tertiary/aromatic N) is 7. The van der Waals surface area contributed by atoms with E-state index in [1.165, 1.54) is 55.8 Å². The number of ether oxygens (including phenoxy) is 6. The van der Waals surface area contributed by atoms with Gasteiger partial charge >= 0.3 is 72.2 Å². The molecule has 6 N–H and O–H groups in total. The quantitative estimate of drug-likeness (QED) is 0.00953. The lowest BCUT2D eigenvalue weighted by Gasteiger charge is -2.48. The minimum absolute atomic E-state index is 0.0156. The molecule has 0 radical (unpaired) electrons. The maximum absolute atomic E-state index is 13.9. The lowest BCUT2D eigenvalue weighted by Crippen LogP contribution is -2.67. The number of halogens is 6. The Balaban J connectivity index is 0.000000210. The van der Waals surface area contributed by atoms with Crippen molar-refractivity contribution in [1.82, 2.24) is 45.2 Å². The summed E-state index contributed by atoms with van der Waals surface area (Å²) in [5.74, 6) is -13.6. The van der Waals surface area contributed by atoms with Crippen LogP contribution < -0.4 is 16.4 Å². The predicted molar refractivity (Wildman–Crippen MR) is 493 cm³/mol. The molecular weight excluding hydrogens is 1820 g/mol. The van der Waals surface area contributed by atoms with Gasteiger partial charge in [0, 0.05) is 60.7 Å². The number of nitrogens with one attached hydrogen (secondary N) is 2. The number of hydrogen-bond donors (Lipinski definition) is 5. The van der Waals surface area contributed by atoms with E-state index in [9.17, 15) is 104 Å². The van der Waals surface area contributed by atoms with Crippen LogP contribution in [-0.4, -0.2) is 204 Å². The Morgan fingerprint density at radius 1 is 0.439 bits per heavy atom. The van der Waals surface area contributed by atoms with Gasteiger partial charge in [-0.1, -0.05) is 181 Å². The molecule has 4 aromatic rings. The molecule has 8 amide bonds. The van der Waals surface area contributed by atoms with Gasteiger partial charge in [0.05, 0.1) is 67.0 Å². The minimum atomic E-state index is -4.65. The highest BCUT2D eigenvalue weighted by Gasteiger charge is 2.59. The van der Waals surface area contributed by atoms with Crippen LogP contribution in [0.2, 0.25) is 0 Å². The highest BCUT2D eigenvalue weighted by atomic mass is 19.4. The average Bonchev–Trinajstić information content (AvgIpc) is 0.750. The number of benzene rings is 1. The molecule has 4 aliphatic heterocycles. The molecule has 762 valence electrons. The van der Waals surface area contributed by atoms with Crippen molar-refractivity contribution in [2.75, 3.05) is 32.5 Å². The van der Waals surface area contributed by atoms with Crippen molar-refractivity contribution in [3.63, 3.8) is 0 Å². The molecule has 8 aliphatic rings. The standard InChI is InChI=1S/C29H38F3N3O7.C29H40N2O8.C22H32N4O3.C21H24F3NO4/c1-5-40-27(38)24-22(14-19-11-12-33-21(13-19)15-23(36)41-16-42-26(37)17(2)3)18(4)35(24)28(39)34-25(29(30,31)32)20-9-7-6-8-10-20;1-5-37-29(36)26-23(27(34)31(26)24(32)13-19(4)21-9-7-6-8-10-21)15-20-11-12-30-22(14-20)16-25(33)38-17-39-28(35)18(2)3;1-14(17-8-6-4-3-5-7-9-17)25-22(29)26-15(2)18(20(26)21(27)28)12-16-10-11-24-19(23)13-16;22-21(23,24)16(14-9-5-2-6-10-14)12-17(26)25-18(20(28)29)15(19(25)27)11-13-7-3-1-4-8-13/h11-13,17,20,22,24-25H,4-10,14-16H2,1-3H3,(H,34,39);11-12,14,18-19,21,23,26H,5-10,13,15-17H2,1-4H3;10-11,13-14,17-18,20H,2-9,12H2,1H3,(H2,23,24)(H,25,29)(H,27,28);1,3-4,7-8,14-16,18H,2,5-6,9-12H2,(H,28,29)/t22-,24-,25-;19-,23+,26-;14-,18+,20+;15-,16+,18+/m0011/s1. The topological polar surface area (TPSA) is 437 Å². The summed E-state index contributed by atoms with van der Waals surface area (Å²) in [6.45, 7) is 21.0. The van der Waals surface area contributed by atoms with Gasteiger partial charge in [-0.3, -0.25) is 67.9 Å². The van der Waals surface area contributed by atoms with Crippen molar-refractivity contribution in [3.05, 3.63) is 144 Å². The number of esters is 6. The zero-order chi connectivity index (χ0) is 102.